The van der Waals surface area contributed by atoms with Crippen LogP contribution in [0.5, 0.6) is 0 Å². The molecule has 5 aromatic carbocycles. The van der Waals surface area contributed by atoms with Crippen molar-refractivity contribution in [1.29, 1.82) is 0 Å². The van der Waals surface area contributed by atoms with Crippen molar-refractivity contribution in [3.63, 3.8) is 0 Å². The van der Waals surface area contributed by atoms with Crippen molar-refractivity contribution in [2.24, 2.45) is 0 Å². The van der Waals surface area contributed by atoms with Gasteiger partial charge in [-0.05, 0) is 75.1 Å². The number of allylic oxidation sites excluding steroid dienone is 2. The predicted molar refractivity (Wildman–Crippen MR) is 167 cm³/mol. The van der Waals surface area contributed by atoms with E-state index in [1.54, 1.807) is 33.2 Å². The summed E-state index contributed by atoms with van der Waals surface area (Å²) in [5.41, 5.74) is 6.74. The van der Waals surface area contributed by atoms with E-state index >= 15 is 4.32 Å². The first-order valence-corrected chi connectivity index (χ1v) is 13.8. The van der Waals surface area contributed by atoms with Crippen LogP contribution in [-0.4, -0.2) is 33.0 Å². The minimum atomic E-state index is -1.50. The Hall–Kier alpha value is -5.49. The molecular weight excluding hydrogens is 522 g/mol. The molecule has 2 aliphatic rings. The normalized spacial score (nSPS) is 14.2. The Balaban J connectivity index is 1.37. The monoisotopic (exact) mass is 545 g/mol. The van der Waals surface area contributed by atoms with Crippen LogP contribution in [0.15, 0.2) is 139 Å². The molecule has 8 rings (SSSR count). The van der Waals surface area contributed by atoms with Gasteiger partial charge in [0.1, 0.15) is 0 Å². The summed E-state index contributed by atoms with van der Waals surface area (Å²) >= 11 is 0. The second-order valence-electron chi connectivity index (χ2n) is 10.6. The topological polar surface area (TPSA) is 45.2 Å². The van der Waals surface area contributed by atoms with Gasteiger partial charge < -0.3 is 5.11 Å². The lowest BCUT2D eigenvalue weighted by atomic mass is 9.88. The highest BCUT2D eigenvalue weighted by Gasteiger charge is 2.50. The lowest BCUT2D eigenvalue weighted by molar-refractivity contribution is -0.333. The maximum Gasteiger partial charge on any atom is 0.846 e. The molecule has 4 nitrogen and oxygen atoms in total. The van der Waals surface area contributed by atoms with E-state index in [2.05, 4.69) is 48.5 Å². The lowest BCUT2D eigenvalue weighted by Crippen LogP contribution is -2.40. The van der Waals surface area contributed by atoms with Gasteiger partial charge in [0.2, 0.25) is 0 Å². The van der Waals surface area contributed by atoms with Crippen LogP contribution in [0.1, 0.15) is 27.2 Å². The molecule has 0 radical (unpaired) electrons. The molecule has 0 bridgehead atoms. The van der Waals surface area contributed by atoms with Crippen molar-refractivity contribution in [3.8, 4) is 11.3 Å². The van der Waals surface area contributed by atoms with Gasteiger partial charge in [0.25, 0.3) is 0 Å². The zero-order chi connectivity index (χ0) is 28.4. The van der Waals surface area contributed by atoms with E-state index in [4.69, 9.17) is 0 Å². The maximum atomic E-state index is 17.0. The molecule has 0 fully saturated rings. The fourth-order valence-corrected chi connectivity index (χ4v) is 6.25. The van der Waals surface area contributed by atoms with Crippen LogP contribution in [0, 0.1) is 0 Å². The Morgan fingerprint density at radius 3 is 1.88 bits per heavy atom. The first kappa shape index (κ1) is 24.3. The molecule has 1 N–H and O–H groups in total. The molecular formula is C36H23BFN2O2+. The fraction of sp³-hybridized carbons (Fsp3) is 0. The Bertz CT molecular complexity index is 2190. The number of halogens is 1. The quantitative estimate of drug-likeness (QED) is 0.230. The Morgan fingerprint density at radius 1 is 0.643 bits per heavy atom. The number of carbonyl (C=O) groups is 1. The second-order valence-corrected chi connectivity index (χ2v) is 10.6. The molecule has 0 saturated heterocycles. The summed E-state index contributed by atoms with van der Waals surface area (Å²) in [5, 5.41) is 13.9. The standard InChI is InChI=1S/C36H22BFN2O2/c38-37-39-31(29-15-9-23-5-1-3-7-27(23)21-29)17-19-33(39)35(25-11-13-26(14-12-25)36(41)42)34-20-18-32(40(34)37)30-16-10-24-6-2-4-8-28(24)22-30/h1-22H/p+1. The highest BCUT2D eigenvalue weighted by molar-refractivity contribution is 6.45. The number of fused-ring (bicyclic) bond motifs is 4. The molecule has 0 atom stereocenters. The molecule has 0 saturated carbocycles. The predicted octanol–water partition coefficient (Wildman–Crippen LogP) is 7.81. The number of benzene rings is 5. The van der Waals surface area contributed by atoms with Gasteiger partial charge in [-0.15, -0.1) is 0 Å². The molecule has 42 heavy (non-hydrogen) atoms. The van der Waals surface area contributed by atoms with Crippen LogP contribution in [0.2, 0.25) is 0 Å². The molecule has 0 aliphatic carbocycles. The highest BCUT2D eigenvalue weighted by Crippen LogP contribution is 2.40. The molecule has 0 spiro atoms. The SMILES string of the molecule is O=C(O)c1ccc(C2=C3C=CC(c4ccc5ccccc5c4)=[N+]3B(F)n3c2ccc3-c2ccc3ccccc3c2)cc1. The summed E-state index contributed by atoms with van der Waals surface area (Å²) in [4.78, 5) is 11.6. The number of aromatic nitrogens is 1. The molecule has 6 heteroatoms. The summed E-state index contributed by atoms with van der Waals surface area (Å²) in [5.74, 6) is -0.983. The van der Waals surface area contributed by atoms with E-state index in [1.807, 2.05) is 60.7 Å². The number of carboxylic acids is 1. The van der Waals surface area contributed by atoms with Crippen LogP contribution < -0.4 is 0 Å². The van der Waals surface area contributed by atoms with Gasteiger partial charge >= 0.3 is 13.2 Å². The number of rotatable bonds is 4. The molecule has 0 amide bonds. The van der Waals surface area contributed by atoms with Crippen molar-refractivity contribution in [2.45, 2.75) is 0 Å². The molecule has 198 valence electrons. The van der Waals surface area contributed by atoms with E-state index in [0.29, 0.717) is 0 Å². The van der Waals surface area contributed by atoms with E-state index in [-0.39, 0.29) is 5.56 Å². The van der Waals surface area contributed by atoms with Gasteiger partial charge in [0.15, 0.2) is 11.4 Å². The third-order valence-electron chi connectivity index (χ3n) is 8.29. The second kappa shape index (κ2) is 9.28. The number of hydrogen-bond donors (Lipinski definition) is 1. The van der Waals surface area contributed by atoms with Gasteiger partial charge in [0, 0.05) is 23.4 Å². The lowest BCUT2D eigenvalue weighted by Gasteiger charge is -2.21. The first-order valence-electron chi connectivity index (χ1n) is 13.8. The van der Waals surface area contributed by atoms with Crippen molar-refractivity contribution < 1.29 is 18.7 Å². The molecule has 1 aromatic heterocycles. The van der Waals surface area contributed by atoms with E-state index in [9.17, 15) is 9.90 Å². The van der Waals surface area contributed by atoms with Crippen LogP contribution in [0.4, 0.5) is 4.32 Å². The van der Waals surface area contributed by atoms with Crippen LogP contribution in [-0.2, 0) is 0 Å². The summed E-state index contributed by atoms with van der Waals surface area (Å²) in [6, 6.07) is 39.4. The molecule has 2 aliphatic heterocycles. The number of carboxylic acid groups (broad SMARTS) is 1. The maximum absolute atomic E-state index is 17.0. The van der Waals surface area contributed by atoms with E-state index in [0.717, 1.165) is 66.6 Å². The van der Waals surface area contributed by atoms with Crippen molar-refractivity contribution in [2.75, 3.05) is 0 Å². The zero-order valence-electron chi connectivity index (χ0n) is 22.4. The third-order valence-corrected chi connectivity index (χ3v) is 8.29. The molecule has 3 heterocycles. The van der Waals surface area contributed by atoms with Gasteiger partial charge in [-0.1, -0.05) is 78.9 Å². The number of nitrogens with zero attached hydrogens (tertiary/aromatic N) is 2. The average Bonchev–Trinajstić information content (AvgIpc) is 3.67. The van der Waals surface area contributed by atoms with Crippen LogP contribution in [0.25, 0.3) is 38.4 Å². The number of aromatic carboxylic acids is 1. The summed E-state index contributed by atoms with van der Waals surface area (Å²) < 4.78 is 20.6. The van der Waals surface area contributed by atoms with Gasteiger partial charge in [-0.2, -0.15) is 0 Å². The fourth-order valence-electron chi connectivity index (χ4n) is 6.25. The summed E-state index contributed by atoms with van der Waals surface area (Å²) in [6.07, 6.45) is 3.93. The first-order chi connectivity index (χ1) is 20.6. The van der Waals surface area contributed by atoms with Crippen molar-refractivity contribution >= 4 is 46.1 Å². The van der Waals surface area contributed by atoms with Crippen molar-refractivity contribution in [3.05, 3.63) is 162 Å². The Labute approximate surface area is 241 Å². The van der Waals surface area contributed by atoms with Gasteiger partial charge in [-0.25, -0.2) is 13.6 Å². The summed E-state index contributed by atoms with van der Waals surface area (Å²) in [6.45, 7) is 0. The third kappa shape index (κ3) is 3.69. The molecule has 0 unspecified atom stereocenters. The van der Waals surface area contributed by atoms with Crippen molar-refractivity contribution in [1.82, 2.24) is 4.48 Å². The van der Waals surface area contributed by atoms with E-state index < -0.39 is 13.2 Å². The smallest absolute Gasteiger partial charge is 0.478 e. The largest absolute Gasteiger partial charge is 0.846 e. The van der Waals surface area contributed by atoms with Crippen LogP contribution >= 0.6 is 0 Å². The van der Waals surface area contributed by atoms with Crippen LogP contribution in [0.3, 0.4) is 0 Å². The average molecular weight is 545 g/mol. The zero-order valence-corrected chi connectivity index (χ0v) is 22.4. The Kier molecular flexibility index (Phi) is 5.38. The number of hydrogen-bond acceptors (Lipinski definition) is 1. The highest BCUT2D eigenvalue weighted by atomic mass is 19.1. The van der Waals surface area contributed by atoms with E-state index in [1.165, 1.54) is 0 Å². The minimum absolute atomic E-state index is 0.206. The Morgan fingerprint density at radius 2 is 1.21 bits per heavy atom. The minimum Gasteiger partial charge on any atom is -0.478 e. The summed E-state index contributed by atoms with van der Waals surface area (Å²) in [7, 11) is -1.50. The van der Waals surface area contributed by atoms with Gasteiger partial charge in [0.05, 0.1) is 16.8 Å². The molecule has 6 aromatic rings. The van der Waals surface area contributed by atoms with Gasteiger partial charge in [-0.3, -0.25) is 4.48 Å².